The standard InChI is InChI=1S/C9H13N3/c1-7-5-8(12(2)6-7)9-10-3-4-11-9/h3-5,8H,6H2,1-2H3,(H,10,11)/t8-/m0/s1. The van der Waals surface area contributed by atoms with Crippen molar-refractivity contribution in [2.75, 3.05) is 13.6 Å². The predicted octanol–water partition coefficient (Wildman–Crippen LogP) is 1.34. The van der Waals surface area contributed by atoms with Crippen LogP contribution in [0.15, 0.2) is 24.0 Å². The molecule has 64 valence electrons. The second-order valence-corrected chi connectivity index (χ2v) is 3.35. The van der Waals surface area contributed by atoms with Crippen LogP contribution in [0.5, 0.6) is 0 Å². The van der Waals surface area contributed by atoms with E-state index < -0.39 is 0 Å². The van der Waals surface area contributed by atoms with Gasteiger partial charge >= 0.3 is 0 Å². The zero-order chi connectivity index (χ0) is 8.55. The van der Waals surface area contributed by atoms with Crippen molar-refractivity contribution in [2.24, 2.45) is 0 Å². The molecule has 12 heavy (non-hydrogen) atoms. The van der Waals surface area contributed by atoms with E-state index in [2.05, 4.69) is 34.9 Å². The predicted molar refractivity (Wildman–Crippen MR) is 47.7 cm³/mol. The normalized spacial score (nSPS) is 24.5. The molecule has 1 aliphatic heterocycles. The van der Waals surface area contributed by atoms with Crippen molar-refractivity contribution in [2.45, 2.75) is 13.0 Å². The van der Waals surface area contributed by atoms with E-state index in [0.717, 1.165) is 12.4 Å². The van der Waals surface area contributed by atoms with E-state index in [-0.39, 0.29) is 0 Å². The van der Waals surface area contributed by atoms with Crippen molar-refractivity contribution in [3.8, 4) is 0 Å². The molecule has 0 radical (unpaired) electrons. The van der Waals surface area contributed by atoms with E-state index in [1.807, 2.05) is 6.20 Å². The monoisotopic (exact) mass is 163 g/mol. The largest absolute Gasteiger partial charge is 0.347 e. The van der Waals surface area contributed by atoms with Crippen molar-refractivity contribution in [3.05, 3.63) is 29.9 Å². The lowest BCUT2D eigenvalue weighted by Crippen LogP contribution is -2.19. The highest BCUT2D eigenvalue weighted by molar-refractivity contribution is 5.18. The van der Waals surface area contributed by atoms with E-state index in [0.29, 0.717) is 6.04 Å². The van der Waals surface area contributed by atoms with Crippen molar-refractivity contribution in [3.63, 3.8) is 0 Å². The number of likely N-dealkylation sites (N-methyl/N-ethyl adjacent to an activating group) is 1. The van der Waals surface area contributed by atoms with Crippen LogP contribution in [0.1, 0.15) is 18.8 Å². The molecule has 1 aromatic heterocycles. The number of imidazole rings is 1. The van der Waals surface area contributed by atoms with Gasteiger partial charge in [-0.15, -0.1) is 0 Å². The number of nitrogens with one attached hydrogen (secondary N) is 1. The molecule has 1 aromatic rings. The first-order valence-electron chi connectivity index (χ1n) is 4.14. The molecule has 3 heteroatoms. The summed E-state index contributed by atoms with van der Waals surface area (Å²) in [6.45, 7) is 3.20. The van der Waals surface area contributed by atoms with Crippen molar-refractivity contribution in [1.82, 2.24) is 14.9 Å². The Balaban J connectivity index is 2.25. The Morgan fingerprint density at radius 2 is 2.50 bits per heavy atom. The lowest BCUT2D eigenvalue weighted by Gasteiger charge is -2.16. The summed E-state index contributed by atoms with van der Waals surface area (Å²) >= 11 is 0. The van der Waals surface area contributed by atoms with Gasteiger partial charge in [0, 0.05) is 18.9 Å². The van der Waals surface area contributed by atoms with Crippen LogP contribution in [0.3, 0.4) is 0 Å². The molecule has 0 fully saturated rings. The van der Waals surface area contributed by atoms with E-state index in [9.17, 15) is 0 Å². The minimum Gasteiger partial charge on any atom is -0.347 e. The lowest BCUT2D eigenvalue weighted by molar-refractivity contribution is 0.327. The minimum atomic E-state index is 0.347. The van der Waals surface area contributed by atoms with Gasteiger partial charge in [-0.05, 0) is 14.0 Å². The summed E-state index contributed by atoms with van der Waals surface area (Å²) in [6.07, 6.45) is 5.91. The molecule has 0 spiro atoms. The van der Waals surface area contributed by atoms with Crippen molar-refractivity contribution < 1.29 is 0 Å². The Labute approximate surface area is 72.1 Å². The van der Waals surface area contributed by atoms with Crippen LogP contribution in [-0.4, -0.2) is 28.5 Å². The first-order chi connectivity index (χ1) is 5.77. The zero-order valence-electron chi connectivity index (χ0n) is 7.41. The molecule has 0 amide bonds. The van der Waals surface area contributed by atoms with Gasteiger partial charge in [0.25, 0.3) is 0 Å². The second kappa shape index (κ2) is 2.75. The van der Waals surface area contributed by atoms with Gasteiger partial charge in [-0.25, -0.2) is 4.98 Å². The van der Waals surface area contributed by atoms with Crippen LogP contribution in [0.2, 0.25) is 0 Å². The second-order valence-electron chi connectivity index (χ2n) is 3.35. The third kappa shape index (κ3) is 1.16. The molecule has 1 aliphatic rings. The molecular weight excluding hydrogens is 150 g/mol. The van der Waals surface area contributed by atoms with E-state index in [1.54, 1.807) is 6.20 Å². The average Bonchev–Trinajstić information content (AvgIpc) is 2.58. The topological polar surface area (TPSA) is 31.9 Å². The number of nitrogens with zero attached hydrogens (tertiary/aromatic N) is 2. The van der Waals surface area contributed by atoms with Crippen molar-refractivity contribution >= 4 is 0 Å². The Morgan fingerprint density at radius 1 is 1.67 bits per heavy atom. The van der Waals surface area contributed by atoms with Gasteiger partial charge in [0.1, 0.15) is 5.82 Å². The van der Waals surface area contributed by atoms with E-state index in [1.165, 1.54) is 5.57 Å². The molecule has 0 saturated carbocycles. The number of H-pyrrole nitrogens is 1. The molecule has 0 aromatic carbocycles. The maximum absolute atomic E-state index is 4.24. The van der Waals surface area contributed by atoms with E-state index in [4.69, 9.17) is 0 Å². The lowest BCUT2D eigenvalue weighted by atomic mass is 10.2. The molecule has 1 atom stereocenters. The fourth-order valence-corrected chi connectivity index (χ4v) is 1.67. The molecule has 0 saturated heterocycles. The highest BCUT2D eigenvalue weighted by Crippen LogP contribution is 2.25. The number of hydrogen-bond donors (Lipinski definition) is 1. The van der Waals surface area contributed by atoms with E-state index >= 15 is 0 Å². The highest BCUT2D eigenvalue weighted by atomic mass is 15.2. The smallest absolute Gasteiger partial charge is 0.127 e. The van der Waals surface area contributed by atoms with Crippen LogP contribution in [0, 0.1) is 0 Å². The fourth-order valence-electron chi connectivity index (χ4n) is 1.67. The quantitative estimate of drug-likeness (QED) is 0.633. The van der Waals surface area contributed by atoms with Gasteiger partial charge in [-0.1, -0.05) is 11.6 Å². The zero-order valence-corrected chi connectivity index (χ0v) is 7.41. The summed E-state index contributed by atoms with van der Waals surface area (Å²) in [5, 5.41) is 0. The van der Waals surface area contributed by atoms with Gasteiger partial charge < -0.3 is 4.98 Å². The fraction of sp³-hybridized carbons (Fsp3) is 0.444. The molecule has 0 unspecified atom stereocenters. The summed E-state index contributed by atoms with van der Waals surface area (Å²) in [6, 6.07) is 0.347. The SMILES string of the molecule is CC1=C[C@@H](c2ncc[nH]2)N(C)C1. The van der Waals surface area contributed by atoms with Crippen LogP contribution in [-0.2, 0) is 0 Å². The summed E-state index contributed by atoms with van der Waals surface area (Å²) in [7, 11) is 2.11. The third-order valence-corrected chi connectivity index (χ3v) is 2.22. The maximum atomic E-state index is 4.24. The molecule has 0 aliphatic carbocycles. The Bertz CT molecular complexity index is 287. The van der Waals surface area contributed by atoms with Gasteiger partial charge in [0.15, 0.2) is 0 Å². The Hall–Kier alpha value is -1.09. The molecular formula is C9H13N3. The van der Waals surface area contributed by atoms with Crippen LogP contribution < -0.4 is 0 Å². The minimum absolute atomic E-state index is 0.347. The summed E-state index contributed by atoms with van der Waals surface area (Å²) in [5.41, 5.74) is 1.42. The third-order valence-electron chi connectivity index (χ3n) is 2.22. The van der Waals surface area contributed by atoms with Crippen LogP contribution in [0.25, 0.3) is 0 Å². The Kier molecular flexibility index (Phi) is 1.73. The first kappa shape index (κ1) is 7.55. The van der Waals surface area contributed by atoms with Gasteiger partial charge in [0.05, 0.1) is 6.04 Å². The number of aromatic nitrogens is 2. The molecule has 3 nitrogen and oxygen atoms in total. The summed E-state index contributed by atoms with van der Waals surface area (Å²) in [5.74, 6) is 1.04. The summed E-state index contributed by atoms with van der Waals surface area (Å²) < 4.78 is 0. The molecule has 0 bridgehead atoms. The molecule has 1 N–H and O–H groups in total. The van der Waals surface area contributed by atoms with Gasteiger partial charge in [-0.3, -0.25) is 4.90 Å². The van der Waals surface area contributed by atoms with Crippen LogP contribution in [0.4, 0.5) is 0 Å². The Morgan fingerprint density at radius 3 is 3.00 bits per heavy atom. The van der Waals surface area contributed by atoms with Gasteiger partial charge in [0.2, 0.25) is 0 Å². The summed E-state index contributed by atoms with van der Waals surface area (Å²) in [4.78, 5) is 9.65. The first-order valence-corrected chi connectivity index (χ1v) is 4.14. The molecule has 2 heterocycles. The van der Waals surface area contributed by atoms with Crippen molar-refractivity contribution in [1.29, 1.82) is 0 Å². The van der Waals surface area contributed by atoms with Gasteiger partial charge in [-0.2, -0.15) is 0 Å². The number of hydrogen-bond acceptors (Lipinski definition) is 2. The average molecular weight is 163 g/mol. The van der Waals surface area contributed by atoms with Crippen LogP contribution >= 0.6 is 0 Å². The number of rotatable bonds is 1. The molecule has 2 rings (SSSR count). The maximum Gasteiger partial charge on any atom is 0.127 e. The highest BCUT2D eigenvalue weighted by Gasteiger charge is 2.22. The number of aromatic amines is 1.